The summed E-state index contributed by atoms with van der Waals surface area (Å²) in [4.78, 5) is 9.73. The van der Waals surface area contributed by atoms with E-state index in [0.717, 1.165) is 38.0 Å². The van der Waals surface area contributed by atoms with Crippen molar-refractivity contribution in [1.82, 2.24) is 0 Å². The first kappa shape index (κ1) is 17.4. The lowest BCUT2D eigenvalue weighted by Gasteiger charge is -2.04. The third-order valence-electron chi connectivity index (χ3n) is 4.52. The topological polar surface area (TPSA) is 24.7 Å². The van der Waals surface area contributed by atoms with Crippen LogP contribution in [-0.4, -0.2) is 11.4 Å². The van der Waals surface area contributed by atoms with Gasteiger partial charge in [-0.25, -0.2) is 9.98 Å². The molecule has 0 aliphatic carbocycles. The van der Waals surface area contributed by atoms with Gasteiger partial charge in [-0.15, -0.1) is 0 Å². The summed E-state index contributed by atoms with van der Waals surface area (Å²) in [5.41, 5.74) is 5.06. The molecule has 0 fully saturated rings. The average molecular weight is 371 g/mol. The molecule has 3 aromatic rings. The summed E-state index contributed by atoms with van der Waals surface area (Å²) in [7, 11) is 0. The lowest BCUT2D eigenvalue weighted by atomic mass is 10.0. The summed E-state index contributed by atoms with van der Waals surface area (Å²) in [6.45, 7) is 4.11. The van der Waals surface area contributed by atoms with Gasteiger partial charge < -0.3 is 0 Å². The van der Waals surface area contributed by atoms with Crippen LogP contribution in [0.4, 0.5) is 0 Å². The number of halogens is 1. The van der Waals surface area contributed by atoms with Gasteiger partial charge in [-0.3, -0.25) is 0 Å². The number of aliphatic imine (C=N–C) groups is 2. The zero-order chi connectivity index (χ0) is 18.8. The molecule has 0 amide bonds. The SMILES string of the molecule is CC(C)=c1ccc(=C2N=C(c3ccccc3)C(c3ccccc3)=N2)cc1Cl. The number of rotatable bonds is 2. The van der Waals surface area contributed by atoms with E-state index in [2.05, 4.69) is 38.1 Å². The molecule has 1 aliphatic heterocycles. The predicted octanol–water partition coefficient (Wildman–Crippen LogP) is 4.59. The zero-order valence-electron chi connectivity index (χ0n) is 15.3. The Hall–Kier alpha value is -2.97. The van der Waals surface area contributed by atoms with Crippen molar-refractivity contribution >= 4 is 34.4 Å². The maximum atomic E-state index is 6.48. The normalized spacial score (nSPS) is 13.4. The first-order valence-corrected chi connectivity index (χ1v) is 9.27. The van der Waals surface area contributed by atoms with E-state index in [4.69, 9.17) is 21.6 Å². The first-order valence-electron chi connectivity index (χ1n) is 8.89. The molecule has 0 unspecified atom stereocenters. The van der Waals surface area contributed by atoms with Crippen molar-refractivity contribution in [3.63, 3.8) is 0 Å². The standard InChI is InChI=1S/C24H19ClN2/c1-16(2)20-14-13-19(15-21(20)25)24-26-22(17-9-5-3-6-10-17)23(27-24)18-11-7-4-8-12-18/h3-15H,1-2H3. The summed E-state index contributed by atoms with van der Waals surface area (Å²) in [5.74, 6) is 0.690. The van der Waals surface area contributed by atoms with Crippen molar-refractivity contribution in [2.45, 2.75) is 13.8 Å². The molecule has 0 bridgehead atoms. The van der Waals surface area contributed by atoms with Gasteiger partial charge in [0.25, 0.3) is 0 Å². The molecule has 0 saturated heterocycles. The minimum Gasteiger partial charge on any atom is -0.226 e. The summed E-state index contributed by atoms with van der Waals surface area (Å²) in [6, 6.07) is 26.3. The van der Waals surface area contributed by atoms with Crippen LogP contribution in [0, 0.1) is 0 Å². The highest BCUT2D eigenvalue weighted by atomic mass is 35.5. The number of hydrogen-bond acceptors (Lipinski definition) is 2. The van der Waals surface area contributed by atoms with E-state index in [9.17, 15) is 0 Å². The van der Waals surface area contributed by atoms with Crippen LogP contribution in [0.1, 0.15) is 25.0 Å². The van der Waals surface area contributed by atoms with Crippen LogP contribution in [0.5, 0.6) is 0 Å². The van der Waals surface area contributed by atoms with Crippen molar-refractivity contribution < 1.29 is 0 Å². The molecule has 2 nitrogen and oxygen atoms in total. The Morgan fingerprint density at radius 2 is 1.22 bits per heavy atom. The van der Waals surface area contributed by atoms with Gasteiger partial charge in [0.15, 0.2) is 5.82 Å². The molecule has 3 heteroatoms. The zero-order valence-corrected chi connectivity index (χ0v) is 16.0. The van der Waals surface area contributed by atoms with E-state index in [1.807, 2.05) is 54.6 Å². The van der Waals surface area contributed by atoms with Crippen molar-refractivity contribution in [3.05, 3.63) is 105 Å². The Balaban J connectivity index is 1.95. The van der Waals surface area contributed by atoms with E-state index in [1.165, 1.54) is 5.57 Å². The van der Waals surface area contributed by atoms with Crippen LogP contribution in [0.3, 0.4) is 0 Å². The molecule has 0 N–H and O–H groups in total. The lowest BCUT2D eigenvalue weighted by Crippen LogP contribution is -2.13. The Morgan fingerprint density at radius 3 is 1.67 bits per heavy atom. The van der Waals surface area contributed by atoms with E-state index in [1.54, 1.807) is 0 Å². The highest BCUT2D eigenvalue weighted by molar-refractivity contribution is 6.56. The summed E-state index contributed by atoms with van der Waals surface area (Å²) in [5, 5.41) is 2.70. The minimum atomic E-state index is 0.690. The van der Waals surface area contributed by atoms with Gasteiger partial charge in [0.1, 0.15) is 0 Å². The first-order chi connectivity index (χ1) is 13.1. The number of hydrogen-bond donors (Lipinski definition) is 0. The second-order valence-corrected chi connectivity index (χ2v) is 7.08. The number of nitrogens with zero attached hydrogens (tertiary/aromatic N) is 2. The quantitative estimate of drug-likeness (QED) is 0.630. The molecule has 1 heterocycles. The second-order valence-electron chi connectivity index (χ2n) is 6.67. The molecular weight excluding hydrogens is 352 g/mol. The van der Waals surface area contributed by atoms with Crippen molar-refractivity contribution in [2.24, 2.45) is 9.98 Å². The van der Waals surface area contributed by atoms with Gasteiger partial charge in [0.05, 0.1) is 11.4 Å². The summed E-state index contributed by atoms with van der Waals surface area (Å²) >= 11 is 6.48. The van der Waals surface area contributed by atoms with Gasteiger partial charge in [0, 0.05) is 21.4 Å². The fourth-order valence-electron chi connectivity index (χ4n) is 3.13. The molecule has 0 spiro atoms. The second kappa shape index (κ2) is 7.34. The molecule has 0 radical (unpaired) electrons. The Bertz CT molecular complexity index is 1110. The van der Waals surface area contributed by atoms with E-state index in [0.29, 0.717) is 5.82 Å². The van der Waals surface area contributed by atoms with Gasteiger partial charge in [-0.2, -0.15) is 0 Å². The maximum absolute atomic E-state index is 6.48. The highest BCUT2D eigenvalue weighted by Crippen LogP contribution is 2.20. The third kappa shape index (κ3) is 3.49. The van der Waals surface area contributed by atoms with Gasteiger partial charge in [-0.1, -0.05) is 90.0 Å². The van der Waals surface area contributed by atoms with Gasteiger partial charge in [0.2, 0.25) is 0 Å². The average Bonchev–Trinajstić information content (AvgIpc) is 3.14. The summed E-state index contributed by atoms with van der Waals surface area (Å²) in [6.07, 6.45) is 0. The molecule has 1 aliphatic rings. The molecule has 27 heavy (non-hydrogen) atoms. The van der Waals surface area contributed by atoms with E-state index in [-0.39, 0.29) is 0 Å². The molecule has 3 aromatic carbocycles. The maximum Gasteiger partial charge on any atom is 0.160 e. The van der Waals surface area contributed by atoms with E-state index >= 15 is 0 Å². The van der Waals surface area contributed by atoms with Crippen molar-refractivity contribution in [3.8, 4) is 0 Å². The van der Waals surface area contributed by atoms with Crippen LogP contribution in [-0.2, 0) is 0 Å². The smallest absolute Gasteiger partial charge is 0.160 e. The molecular formula is C24H19ClN2. The van der Waals surface area contributed by atoms with Crippen LogP contribution in [0.25, 0.3) is 11.4 Å². The van der Waals surface area contributed by atoms with Crippen LogP contribution < -0.4 is 10.4 Å². The Labute approximate surface area is 163 Å². The fraction of sp³-hybridized carbons (Fsp3) is 0.0833. The molecule has 0 saturated carbocycles. The van der Waals surface area contributed by atoms with Crippen molar-refractivity contribution in [1.29, 1.82) is 0 Å². The van der Waals surface area contributed by atoms with Crippen LogP contribution >= 0.6 is 11.6 Å². The Morgan fingerprint density at radius 1 is 0.704 bits per heavy atom. The van der Waals surface area contributed by atoms with Crippen molar-refractivity contribution in [2.75, 3.05) is 0 Å². The van der Waals surface area contributed by atoms with E-state index < -0.39 is 0 Å². The predicted molar refractivity (Wildman–Crippen MR) is 115 cm³/mol. The van der Waals surface area contributed by atoms with Crippen LogP contribution in [0.2, 0.25) is 5.02 Å². The molecule has 132 valence electrons. The Kier molecular flexibility index (Phi) is 4.74. The summed E-state index contributed by atoms with van der Waals surface area (Å²) < 4.78 is 0. The van der Waals surface area contributed by atoms with Gasteiger partial charge >= 0.3 is 0 Å². The third-order valence-corrected chi connectivity index (χ3v) is 4.83. The number of benzene rings is 3. The highest BCUT2D eigenvalue weighted by Gasteiger charge is 2.20. The fourth-order valence-corrected chi connectivity index (χ4v) is 3.50. The minimum absolute atomic E-state index is 0.690. The van der Waals surface area contributed by atoms with Gasteiger partial charge in [-0.05, 0) is 25.1 Å². The lowest BCUT2D eigenvalue weighted by molar-refractivity contribution is 1.39. The van der Waals surface area contributed by atoms with Crippen LogP contribution in [0.15, 0.2) is 88.8 Å². The molecule has 0 aromatic heterocycles. The molecule has 0 atom stereocenters. The molecule has 4 rings (SSSR count). The monoisotopic (exact) mass is 370 g/mol. The largest absolute Gasteiger partial charge is 0.226 e.